The summed E-state index contributed by atoms with van der Waals surface area (Å²) >= 11 is 13.7. The fraction of sp³-hybridized carbons (Fsp3) is 0.250. The van der Waals surface area contributed by atoms with Crippen molar-refractivity contribution in [2.24, 2.45) is 0 Å². The zero-order valence-electron chi connectivity index (χ0n) is 16.4. The Kier molecular flexibility index (Phi) is 7.84. The lowest BCUT2D eigenvalue weighted by Gasteiger charge is -2.14. The Labute approximate surface area is 188 Å². The van der Waals surface area contributed by atoms with Crippen molar-refractivity contribution in [2.45, 2.75) is 19.4 Å². The molecule has 158 valence electrons. The fourth-order valence-electron chi connectivity index (χ4n) is 2.50. The lowest BCUT2D eigenvalue weighted by molar-refractivity contribution is 0.296. The van der Waals surface area contributed by atoms with Crippen LogP contribution in [0.25, 0.3) is 0 Å². The first kappa shape index (κ1) is 22.3. The van der Waals surface area contributed by atoms with E-state index in [2.05, 4.69) is 15.5 Å². The molecule has 0 atom stereocenters. The summed E-state index contributed by atoms with van der Waals surface area (Å²) in [4.78, 5) is 13.0. The molecule has 0 saturated carbocycles. The number of benzene rings is 2. The topological polar surface area (TPSA) is 78.3 Å². The van der Waals surface area contributed by atoms with Gasteiger partial charge in [-0.25, -0.2) is 0 Å². The van der Waals surface area contributed by atoms with Crippen molar-refractivity contribution < 1.29 is 9.47 Å². The maximum atomic E-state index is 13.0. The summed E-state index contributed by atoms with van der Waals surface area (Å²) in [6, 6.07) is 12.1. The first-order valence-electron chi connectivity index (χ1n) is 9.05. The predicted octanol–water partition coefficient (Wildman–Crippen LogP) is 4.99. The number of nitrogens with one attached hydrogen (secondary N) is 1. The third kappa shape index (κ3) is 5.59. The zero-order chi connectivity index (χ0) is 21.5. The summed E-state index contributed by atoms with van der Waals surface area (Å²) in [6.07, 6.45) is 0. The van der Waals surface area contributed by atoms with E-state index in [1.165, 1.54) is 4.57 Å². The minimum Gasteiger partial charge on any atom is -0.495 e. The van der Waals surface area contributed by atoms with Crippen molar-refractivity contribution >= 4 is 46.6 Å². The van der Waals surface area contributed by atoms with Crippen LogP contribution in [-0.2, 0) is 12.5 Å². The molecule has 1 aromatic heterocycles. The van der Waals surface area contributed by atoms with E-state index in [1.54, 1.807) is 61.3 Å². The lowest BCUT2D eigenvalue weighted by Crippen LogP contribution is -2.29. The van der Waals surface area contributed by atoms with Crippen LogP contribution in [0.15, 0.2) is 47.3 Å². The largest absolute Gasteiger partial charge is 0.495 e. The van der Waals surface area contributed by atoms with Crippen LogP contribution in [-0.4, -0.2) is 27.6 Å². The molecule has 2 aromatic carbocycles. The monoisotopic (exact) mass is 466 g/mol. The summed E-state index contributed by atoms with van der Waals surface area (Å²) in [6.45, 7) is 2.02. The second kappa shape index (κ2) is 10.6. The first-order chi connectivity index (χ1) is 14.5. The first-order valence-corrected chi connectivity index (χ1v) is 11.0. The fourth-order valence-corrected chi connectivity index (χ4v) is 3.49. The maximum Gasteiger partial charge on any atom is 0.281 e. The van der Waals surface area contributed by atoms with Gasteiger partial charge in [-0.1, -0.05) is 30.1 Å². The van der Waals surface area contributed by atoms with E-state index in [0.717, 1.165) is 5.75 Å². The van der Waals surface area contributed by atoms with Crippen LogP contribution >= 0.6 is 35.0 Å². The molecule has 10 heteroatoms. The number of hydrogen-bond donors (Lipinski definition) is 1. The van der Waals surface area contributed by atoms with E-state index in [4.69, 9.17) is 32.7 Å². The van der Waals surface area contributed by atoms with E-state index in [1.807, 2.05) is 6.92 Å². The van der Waals surface area contributed by atoms with Gasteiger partial charge in [0, 0.05) is 10.7 Å². The smallest absolute Gasteiger partial charge is 0.281 e. The van der Waals surface area contributed by atoms with Gasteiger partial charge >= 0.3 is 0 Å². The minimum atomic E-state index is -0.276. The van der Waals surface area contributed by atoms with Crippen LogP contribution in [0, 0.1) is 0 Å². The molecule has 3 aromatic rings. The quantitative estimate of drug-likeness (QED) is 0.475. The van der Waals surface area contributed by atoms with Crippen LogP contribution in [0.4, 0.5) is 11.6 Å². The van der Waals surface area contributed by atoms with Crippen LogP contribution < -0.4 is 20.3 Å². The van der Waals surface area contributed by atoms with Crippen molar-refractivity contribution in [3.63, 3.8) is 0 Å². The van der Waals surface area contributed by atoms with Gasteiger partial charge in [0.25, 0.3) is 5.56 Å². The Morgan fingerprint density at radius 3 is 2.57 bits per heavy atom. The Morgan fingerprint density at radius 2 is 1.90 bits per heavy atom. The number of anilines is 2. The number of thioether (sulfide) groups is 1. The van der Waals surface area contributed by atoms with E-state index in [9.17, 15) is 4.79 Å². The second-order valence-electron chi connectivity index (χ2n) is 6.04. The summed E-state index contributed by atoms with van der Waals surface area (Å²) < 4.78 is 12.3. The number of rotatable bonds is 9. The zero-order valence-corrected chi connectivity index (χ0v) is 18.7. The molecular weight excluding hydrogens is 447 g/mol. The number of halogens is 2. The number of nitrogens with zero attached hydrogens (tertiary/aromatic N) is 3. The van der Waals surface area contributed by atoms with Crippen LogP contribution in [0.5, 0.6) is 11.5 Å². The van der Waals surface area contributed by atoms with Gasteiger partial charge in [-0.2, -0.15) is 0 Å². The van der Waals surface area contributed by atoms with Crippen molar-refractivity contribution in [3.05, 3.63) is 68.6 Å². The second-order valence-corrected chi connectivity index (χ2v) is 8.13. The Balaban J connectivity index is 1.84. The van der Waals surface area contributed by atoms with Gasteiger partial charge in [0.05, 0.1) is 18.0 Å². The Hall–Kier alpha value is -2.42. The molecule has 1 N–H and O–H groups in total. The summed E-state index contributed by atoms with van der Waals surface area (Å²) in [7, 11) is 1.55. The molecule has 1 heterocycles. The molecule has 7 nitrogen and oxygen atoms in total. The highest BCUT2D eigenvalue weighted by Crippen LogP contribution is 2.28. The molecule has 0 spiro atoms. The molecule has 0 aliphatic carbocycles. The van der Waals surface area contributed by atoms with Gasteiger partial charge in [-0.3, -0.25) is 9.36 Å². The van der Waals surface area contributed by atoms with Gasteiger partial charge < -0.3 is 14.8 Å². The van der Waals surface area contributed by atoms with Gasteiger partial charge in [0.15, 0.2) is 5.69 Å². The van der Waals surface area contributed by atoms with E-state index in [-0.39, 0.29) is 17.9 Å². The van der Waals surface area contributed by atoms with Crippen LogP contribution in [0.3, 0.4) is 0 Å². The molecule has 3 rings (SSSR count). The Bertz CT molecular complexity index is 1060. The van der Waals surface area contributed by atoms with Crippen LogP contribution in [0.2, 0.25) is 10.0 Å². The molecule has 0 bridgehead atoms. The molecule has 0 aliphatic rings. The molecule has 30 heavy (non-hydrogen) atoms. The molecule has 0 aliphatic heterocycles. The van der Waals surface area contributed by atoms with Gasteiger partial charge in [0.1, 0.15) is 18.1 Å². The van der Waals surface area contributed by atoms with E-state index in [0.29, 0.717) is 39.1 Å². The summed E-state index contributed by atoms with van der Waals surface area (Å²) in [5.41, 5.74) is 0.594. The van der Waals surface area contributed by atoms with Crippen molar-refractivity contribution in [1.82, 2.24) is 14.8 Å². The van der Waals surface area contributed by atoms with Gasteiger partial charge in [-0.15, -0.1) is 22.0 Å². The van der Waals surface area contributed by atoms with Gasteiger partial charge in [-0.05, 0) is 48.2 Å². The molecule has 0 amide bonds. The highest BCUT2D eigenvalue weighted by atomic mass is 35.5. The molecule has 0 fully saturated rings. The molecular formula is C20H20Cl2N4O3S. The van der Waals surface area contributed by atoms with Crippen molar-refractivity contribution in [2.75, 3.05) is 18.2 Å². The maximum absolute atomic E-state index is 13.0. The standard InChI is InChI=1S/C20H20Cl2N4O3S/c1-3-30-12-26-19(27)17(11-29-15-7-4-13(21)5-8-15)24-25-20(26)23-14-6-9-18(28-2)16(22)10-14/h4-10H,3,11-12H2,1-2H3,(H,23,25). The van der Waals surface area contributed by atoms with E-state index < -0.39 is 0 Å². The normalized spacial score (nSPS) is 10.7. The molecule has 0 saturated heterocycles. The number of ether oxygens (including phenoxy) is 2. The summed E-state index contributed by atoms with van der Waals surface area (Å²) in [5, 5.41) is 12.4. The van der Waals surface area contributed by atoms with E-state index >= 15 is 0 Å². The number of aromatic nitrogens is 3. The number of hydrogen-bond acceptors (Lipinski definition) is 7. The van der Waals surface area contributed by atoms with Crippen molar-refractivity contribution in [3.8, 4) is 11.5 Å². The molecule has 0 radical (unpaired) electrons. The predicted molar refractivity (Wildman–Crippen MR) is 121 cm³/mol. The third-order valence-corrected chi connectivity index (χ3v) is 5.43. The Morgan fingerprint density at radius 1 is 1.13 bits per heavy atom. The van der Waals surface area contributed by atoms with Gasteiger partial charge in [0.2, 0.25) is 5.95 Å². The average Bonchev–Trinajstić information content (AvgIpc) is 2.74. The third-order valence-electron chi connectivity index (χ3n) is 4.03. The highest BCUT2D eigenvalue weighted by Gasteiger charge is 2.14. The number of methoxy groups -OCH3 is 1. The van der Waals surface area contributed by atoms with Crippen molar-refractivity contribution in [1.29, 1.82) is 0 Å². The summed E-state index contributed by atoms with van der Waals surface area (Å²) in [5.74, 6) is 2.73. The van der Waals surface area contributed by atoms with Crippen LogP contribution in [0.1, 0.15) is 12.6 Å². The molecule has 0 unspecified atom stereocenters. The lowest BCUT2D eigenvalue weighted by atomic mass is 10.3. The minimum absolute atomic E-state index is 0.00109. The average molecular weight is 467 g/mol. The SMILES string of the molecule is CCSCn1c(Nc2ccc(OC)c(Cl)c2)nnc(COc2ccc(Cl)cc2)c1=O. The highest BCUT2D eigenvalue weighted by molar-refractivity contribution is 7.98.